The van der Waals surface area contributed by atoms with Crippen molar-refractivity contribution in [1.29, 1.82) is 0 Å². The molecule has 2 N–H and O–H groups in total. The Labute approximate surface area is 112 Å². The van der Waals surface area contributed by atoms with Crippen LogP contribution in [0.2, 0.25) is 5.02 Å². The first-order chi connectivity index (χ1) is 8.66. The topological polar surface area (TPSA) is 46.3 Å². The van der Waals surface area contributed by atoms with E-state index in [1.54, 1.807) is 0 Å². The van der Waals surface area contributed by atoms with E-state index in [0.717, 1.165) is 37.9 Å². The van der Waals surface area contributed by atoms with Crippen LogP contribution in [0.5, 0.6) is 0 Å². The van der Waals surface area contributed by atoms with E-state index in [2.05, 4.69) is 0 Å². The van der Waals surface area contributed by atoms with E-state index in [9.17, 15) is 4.79 Å². The number of rotatable bonds is 1. The normalized spacial score (nSPS) is 26.4. The third kappa shape index (κ3) is 1.91. The molecule has 1 saturated carbocycles. The molecular formula is C14H17ClN2O. The molecule has 96 valence electrons. The summed E-state index contributed by atoms with van der Waals surface area (Å²) >= 11 is 6.02. The highest BCUT2D eigenvalue weighted by molar-refractivity contribution is 6.31. The molecule has 18 heavy (non-hydrogen) atoms. The molecule has 3 nitrogen and oxygen atoms in total. The van der Waals surface area contributed by atoms with E-state index in [-0.39, 0.29) is 17.9 Å². The van der Waals surface area contributed by atoms with E-state index in [4.69, 9.17) is 17.3 Å². The molecule has 4 heteroatoms. The maximum Gasteiger partial charge on any atom is 0.231 e. The molecule has 3 rings (SSSR count). The lowest BCUT2D eigenvalue weighted by Crippen LogP contribution is -2.41. The Hall–Kier alpha value is -1.06. The fourth-order valence-electron chi connectivity index (χ4n) is 3.08. The molecule has 0 saturated heterocycles. The zero-order chi connectivity index (χ0) is 12.7. The van der Waals surface area contributed by atoms with E-state index in [0.29, 0.717) is 5.02 Å². The van der Waals surface area contributed by atoms with E-state index in [1.165, 1.54) is 5.56 Å². The van der Waals surface area contributed by atoms with E-state index < -0.39 is 0 Å². The van der Waals surface area contributed by atoms with Gasteiger partial charge in [-0.1, -0.05) is 24.1 Å². The molecule has 0 spiro atoms. The number of nitrogens with two attached hydrogens (primary N) is 1. The number of fused-ring (bicyclic) bond motifs is 1. The summed E-state index contributed by atoms with van der Waals surface area (Å²) in [6.45, 7) is 0.762. The summed E-state index contributed by atoms with van der Waals surface area (Å²) in [6.07, 6.45) is 3.87. The van der Waals surface area contributed by atoms with Gasteiger partial charge in [0.05, 0.1) is 5.92 Å². The monoisotopic (exact) mass is 264 g/mol. The molecule has 0 aromatic heterocycles. The minimum absolute atomic E-state index is 0.00469. The van der Waals surface area contributed by atoms with Crippen LogP contribution in [0.3, 0.4) is 0 Å². The molecule has 1 aromatic rings. The number of amides is 1. The van der Waals surface area contributed by atoms with Crippen LogP contribution < -0.4 is 10.6 Å². The second kappa shape index (κ2) is 4.56. The molecule has 1 amide bonds. The molecule has 2 atom stereocenters. The van der Waals surface area contributed by atoms with Gasteiger partial charge in [-0.2, -0.15) is 0 Å². The standard InChI is InChI=1S/C14H17ClN2O/c15-10-5-4-9-6-7-17(13(9)8-10)14(18)11-2-1-3-12(11)16/h4-5,8,11-12H,1-3,6-7,16H2. The van der Waals surface area contributed by atoms with Crippen molar-refractivity contribution in [2.24, 2.45) is 11.7 Å². The Balaban J connectivity index is 1.87. The van der Waals surface area contributed by atoms with Crippen LogP contribution in [0.1, 0.15) is 24.8 Å². The Kier molecular flexibility index (Phi) is 3.04. The smallest absolute Gasteiger partial charge is 0.231 e. The van der Waals surface area contributed by atoms with Gasteiger partial charge in [0.2, 0.25) is 5.91 Å². The summed E-state index contributed by atoms with van der Waals surface area (Å²) in [5.41, 5.74) is 8.21. The van der Waals surface area contributed by atoms with Crippen LogP contribution in [-0.4, -0.2) is 18.5 Å². The van der Waals surface area contributed by atoms with Crippen molar-refractivity contribution in [3.63, 3.8) is 0 Å². The number of hydrogen-bond acceptors (Lipinski definition) is 2. The van der Waals surface area contributed by atoms with Gasteiger partial charge in [-0.25, -0.2) is 0 Å². The van der Waals surface area contributed by atoms with Gasteiger partial charge in [0.1, 0.15) is 0 Å². The first-order valence-corrected chi connectivity index (χ1v) is 6.90. The highest BCUT2D eigenvalue weighted by Gasteiger charge is 2.36. The zero-order valence-corrected chi connectivity index (χ0v) is 11.0. The van der Waals surface area contributed by atoms with E-state index in [1.807, 2.05) is 23.1 Å². The van der Waals surface area contributed by atoms with Gasteiger partial charge in [-0.3, -0.25) is 4.79 Å². The summed E-state index contributed by atoms with van der Waals surface area (Å²) in [5, 5.41) is 0.684. The Morgan fingerprint density at radius 2 is 2.22 bits per heavy atom. The highest BCUT2D eigenvalue weighted by atomic mass is 35.5. The summed E-state index contributed by atoms with van der Waals surface area (Å²) in [6, 6.07) is 5.82. The van der Waals surface area contributed by atoms with Crippen LogP contribution in [0.4, 0.5) is 5.69 Å². The van der Waals surface area contributed by atoms with Gasteiger partial charge in [-0.15, -0.1) is 0 Å². The van der Waals surface area contributed by atoms with Crippen molar-refractivity contribution in [2.45, 2.75) is 31.7 Å². The maximum absolute atomic E-state index is 12.5. The largest absolute Gasteiger partial charge is 0.327 e. The lowest BCUT2D eigenvalue weighted by Gasteiger charge is -2.23. The third-order valence-electron chi connectivity index (χ3n) is 4.10. The summed E-state index contributed by atoms with van der Waals surface area (Å²) in [4.78, 5) is 14.4. The first-order valence-electron chi connectivity index (χ1n) is 6.52. The highest BCUT2D eigenvalue weighted by Crippen LogP contribution is 2.34. The van der Waals surface area contributed by atoms with Crippen LogP contribution in [0.15, 0.2) is 18.2 Å². The van der Waals surface area contributed by atoms with Crippen molar-refractivity contribution in [2.75, 3.05) is 11.4 Å². The number of nitrogens with zero attached hydrogens (tertiary/aromatic N) is 1. The number of anilines is 1. The van der Waals surface area contributed by atoms with Crippen molar-refractivity contribution in [3.8, 4) is 0 Å². The number of carbonyl (C=O) groups is 1. The predicted octanol–water partition coefficient (Wildman–Crippen LogP) is 2.36. The minimum Gasteiger partial charge on any atom is -0.327 e. The Bertz CT molecular complexity index is 489. The van der Waals surface area contributed by atoms with Gasteiger partial charge in [0.15, 0.2) is 0 Å². The van der Waals surface area contributed by atoms with Crippen molar-refractivity contribution in [3.05, 3.63) is 28.8 Å². The van der Waals surface area contributed by atoms with Gasteiger partial charge in [0, 0.05) is 23.3 Å². The summed E-state index contributed by atoms with van der Waals surface area (Å²) in [5.74, 6) is 0.177. The SMILES string of the molecule is NC1CCCC1C(=O)N1CCc2ccc(Cl)cc21. The number of carbonyl (C=O) groups excluding carboxylic acids is 1. The molecule has 1 heterocycles. The quantitative estimate of drug-likeness (QED) is 0.846. The molecular weight excluding hydrogens is 248 g/mol. The molecule has 1 aliphatic heterocycles. The molecule has 2 aliphatic rings. The molecule has 0 bridgehead atoms. The number of benzene rings is 1. The summed E-state index contributed by atoms with van der Waals surface area (Å²) < 4.78 is 0. The van der Waals surface area contributed by atoms with Gasteiger partial charge in [0.25, 0.3) is 0 Å². The fraction of sp³-hybridized carbons (Fsp3) is 0.500. The zero-order valence-electron chi connectivity index (χ0n) is 10.2. The van der Waals surface area contributed by atoms with Crippen molar-refractivity contribution < 1.29 is 4.79 Å². The lowest BCUT2D eigenvalue weighted by atomic mass is 10.0. The van der Waals surface area contributed by atoms with Crippen LogP contribution >= 0.6 is 11.6 Å². The maximum atomic E-state index is 12.5. The Morgan fingerprint density at radius 3 is 2.94 bits per heavy atom. The third-order valence-corrected chi connectivity index (χ3v) is 4.33. The van der Waals surface area contributed by atoms with Crippen LogP contribution in [0, 0.1) is 5.92 Å². The first kappa shape index (κ1) is 12.0. The number of hydrogen-bond donors (Lipinski definition) is 1. The second-order valence-corrected chi connectivity index (χ2v) is 5.65. The Morgan fingerprint density at radius 1 is 1.39 bits per heavy atom. The van der Waals surface area contributed by atoms with Gasteiger partial charge in [-0.05, 0) is 37.0 Å². The fourth-order valence-corrected chi connectivity index (χ4v) is 3.24. The molecule has 1 aromatic carbocycles. The minimum atomic E-state index is -0.00469. The molecule has 0 radical (unpaired) electrons. The molecule has 2 unspecified atom stereocenters. The average molecular weight is 265 g/mol. The molecule has 1 fully saturated rings. The molecule has 1 aliphatic carbocycles. The van der Waals surface area contributed by atoms with Crippen molar-refractivity contribution in [1.82, 2.24) is 0 Å². The lowest BCUT2D eigenvalue weighted by molar-refractivity contribution is -0.122. The average Bonchev–Trinajstić information content (AvgIpc) is 2.94. The van der Waals surface area contributed by atoms with Crippen LogP contribution in [0.25, 0.3) is 0 Å². The van der Waals surface area contributed by atoms with Gasteiger partial charge < -0.3 is 10.6 Å². The van der Waals surface area contributed by atoms with E-state index >= 15 is 0 Å². The summed E-state index contributed by atoms with van der Waals surface area (Å²) in [7, 11) is 0. The van der Waals surface area contributed by atoms with Gasteiger partial charge >= 0.3 is 0 Å². The van der Waals surface area contributed by atoms with Crippen LogP contribution in [-0.2, 0) is 11.2 Å². The van der Waals surface area contributed by atoms with Crippen molar-refractivity contribution >= 4 is 23.2 Å². The second-order valence-electron chi connectivity index (χ2n) is 5.21. The number of halogens is 1. The predicted molar refractivity (Wildman–Crippen MR) is 72.8 cm³/mol.